The highest BCUT2D eigenvalue weighted by Crippen LogP contribution is 2.41. The first kappa shape index (κ1) is 16.6. The molecule has 3 aromatic heterocycles. The van der Waals surface area contributed by atoms with Crippen LogP contribution in [-0.4, -0.2) is 9.97 Å². The van der Waals surface area contributed by atoms with Gasteiger partial charge in [-0.2, -0.15) is 0 Å². The summed E-state index contributed by atoms with van der Waals surface area (Å²) in [5, 5.41) is 3.14. The predicted octanol–water partition coefficient (Wildman–Crippen LogP) is 6.33. The number of fused-ring (bicyclic) bond motifs is 1. The lowest BCUT2D eigenvalue weighted by molar-refractivity contribution is 0.483. The van der Waals surface area contributed by atoms with Gasteiger partial charge in [0.25, 0.3) is 0 Å². The van der Waals surface area contributed by atoms with Gasteiger partial charge in [-0.1, -0.05) is 30.3 Å². The Bertz CT molecular complexity index is 1230. The Hall–Kier alpha value is -3.57. The van der Waals surface area contributed by atoms with Crippen LogP contribution in [0.1, 0.15) is 0 Å². The normalized spacial score (nSPS) is 11.0. The summed E-state index contributed by atoms with van der Waals surface area (Å²) in [5.74, 6) is 2.17. The summed E-state index contributed by atoms with van der Waals surface area (Å²) < 4.78 is 7.03. The SMILES string of the molecule is Nc1ncc(-c2ccc[nH]2)c2scc(-c3ccc(Oc4ccccc4)cc3)c12. The second kappa shape index (κ2) is 6.87. The number of rotatable bonds is 4. The van der Waals surface area contributed by atoms with Gasteiger partial charge in [0.2, 0.25) is 0 Å². The molecule has 0 saturated carbocycles. The Morgan fingerprint density at radius 1 is 0.857 bits per heavy atom. The number of aromatic nitrogens is 2. The van der Waals surface area contributed by atoms with Crippen LogP contribution in [0, 0.1) is 0 Å². The minimum atomic E-state index is 0.547. The maximum Gasteiger partial charge on any atom is 0.132 e. The maximum atomic E-state index is 6.25. The number of para-hydroxylation sites is 1. The van der Waals surface area contributed by atoms with Crippen LogP contribution in [0.4, 0.5) is 5.82 Å². The summed E-state index contributed by atoms with van der Waals surface area (Å²) in [6, 6.07) is 21.9. The average Bonchev–Trinajstić information content (AvgIpc) is 3.41. The molecule has 28 heavy (non-hydrogen) atoms. The van der Waals surface area contributed by atoms with E-state index in [4.69, 9.17) is 10.5 Å². The van der Waals surface area contributed by atoms with Gasteiger partial charge in [-0.25, -0.2) is 4.98 Å². The Morgan fingerprint density at radius 3 is 2.39 bits per heavy atom. The lowest BCUT2D eigenvalue weighted by atomic mass is 10.0. The molecule has 0 saturated heterocycles. The number of pyridine rings is 1. The number of anilines is 1. The number of nitrogens with two attached hydrogens (primary N) is 1. The van der Waals surface area contributed by atoms with Crippen LogP contribution >= 0.6 is 11.3 Å². The molecule has 4 nitrogen and oxygen atoms in total. The molecule has 0 atom stereocenters. The number of nitrogens with zero attached hydrogens (tertiary/aromatic N) is 1. The van der Waals surface area contributed by atoms with Gasteiger partial charge in [-0.05, 0) is 47.3 Å². The first-order chi connectivity index (χ1) is 13.8. The van der Waals surface area contributed by atoms with E-state index in [2.05, 4.69) is 27.5 Å². The molecular formula is C23H17N3OS. The van der Waals surface area contributed by atoms with Gasteiger partial charge in [0.15, 0.2) is 0 Å². The molecule has 0 aliphatic rings. The van der Waals surface area contributed by atoms with E-state index in [1.807, 2.05) is 67.0 Å². The Balaban J connectivity index is 1.54. The molecule has 0 spiro atoms. The van der Waals surface area contributed by atoms with Crippen molar-refractivity contribution in [3.63, 3.8) is 0 Å². The number of benzene rings is 2. The summed E-state index contributed by atoms with van der Waals surface area (Å²) in [4.78, 5) is 7.69. The average molecular weight is 383 g/mol. The van der Waals surface area contributed by atoms with Gasteiger partial charge >= 0.3 is 0 Å². The summed E-state index contributed by atoms with van der Waals surface area (Å²) in [6.07, 6.45) is 3.75. The van der Waals surface area contributed by atoms with Crippen molar-refractivity contribution in [3.05, 3.63) is 84.5 Å². The molecule has 0 bridgehead atoms. The largest absolute Gasteiger partial charge is 0.457 e. The number of nitrogen functional groups attached to an aromatic ring is 1. The van der Waals surface area contributed by atoms with Gasteiger partial charge in [0.05, 0.1) is 0 Å². The van der Waals surface area contributed by atoms with Crippen molar-refractivity contribution in [3.8, 4) is 33.9 Å². The van der Waals surface area contributed by atoms with E-state index in [1.165, 1.54) is 0 Å². The van der Waals surface area contributed by atoms with Gasteiger partial charge < -0.3 is 15.5 Å². The van der Waals surface area contributed by atoms with E-state index in [9.17, 15) is 0 Å². The van der Waals surface area contributed by atoms with E-state index < -0.39 is 0 Å². The molecule has 2 aromatic carbocycles. The third kappa shape index (κ3) is 2.92. The number of aromatic amines is 1. The standard InChI is InChI=1S/C23H17N3OS/c24-23-21-19(14-28-22(21)18(13-26-23)20-7-4-12-25-20)15-8-10-17(11-9-15)27-16-5-2-1-3-6-16/h1-14,25H,(H2,24,26). The summed E-state index contributed by atoms with van der Waals surface area (Å²) in [6.45, 7) is 0. The quantitative estimate of drug-likeness (QED) is 0.381. The molecule has 0 aliphatic carbocycles. The highest BCUT2D eigenvalue weighted by Gasteiger charge is 2.15. The summed E-state index contributed by atoms with van der Waals surface area (Å²) >= 11 is 1.68. The molecule has 0 aliphatic heterocycles. The highest BCUT2D eigenvalue weighted by molar-refractivity contribution is 7.18. The van der Waals surface area contributed by atoms with E-state index in [0.717, 1.165) is 44.0 Å². The van der Waals surface area contributed by atoms with Crippen molar-refractivity contribution >= 4 is 27.2 Å². The molecule has 5 aromatic rings. The lowest BCUT2D eigenvalue weighted by Crippen LogP contribution is -1.92. The molecule has 0 fully saturated rings. The Kier molecular flexibility index (Phi) is 4.07. The number of H-pyrrole nitrogens is 1. The third-order valence-electron chi connectivity index (χ3n) is 4.66. The van der Waals surface area contributed by atoms with Crippen LogP contribution in [0.3, 0.4) is 0 Å². The van der Waals surface area contributed by atoms with Crippen molar-refractivity contribution in [1.82, 2.24) is 9.97 Å². The zero-order valence-electron chi connectivity index (χ0n) is 14.9. The molecule has 0 unspecified atom stereocenters. The molecule has 3 heterocycles. The van der Waals surface area contributed by atoms with Crippen LogP contribution in [0.25, 0.3) is 32.5 Å². The number of ether oxygens (including phenoxy) is 1. The van der Waals surface area contributed by atoms with Gasteiger partial charge in [-0.15, -0.1) is 11.3 Å². The van der Waals surface area contributed by atoms with Crippen LogP contribution in [0.5, 0.6) is 11.5 Å². The fraction of sp³-hybridized carbons (Fsp3) is 0. The topological polar surface area (TPSA) is 63.9 Å². The van der Waals surface area contributed by atoms with E-state index in [0.29, 0.717) is 5.82 Å². The molecule has 0 amide bonds. The van der Waals surface area contributed by atoms with Crippen LogP contribution in [-0.2, 0) is 0 Å². The van der Waals surface area contributed by atoms with E-state index in [1.54, 1.807) is 11.3 Å². The molecule has 5 rings (SSSR count). The minimum Gasteiger partial charge on any atom is -0.457 e. The lowest BCUT2D eigenvalue weighted by Gasteiger charge is -2.08. The first-order valence-electron chi connectivity index (χ1n) is 8.92. The second-order valence-corrected chi connectivity index (χ2v) is 7.31. The van der Waals surface area contributed by atoms with Gasteiger partial charge in [0, 0.05) is 39.3 Å². The van der Waals surface area contributed by atoms with Crippen molar-refractivity contribution in [1.29, 1.82) is 0 Å². The summed E-state index contributed by atoms with van der Waals surface area (Å²) in [7, 11) is 0. The number of hydrogen-bond acceptors (Lipinski definition) is 4. The van der Waals surface area contributed by atoms with Crippen LogP contribution < -0.4 is 10.5 Å². The molecular weight excluding hydrogens is 366 g/mol. The highest BCUT2D eigenvalue weighted by atomic mass is 32.1. The molecule has 0 radical (unpaired) electrons. The van der Waals surface area contributed by atoms with Crippen molar-refractivity contribution < 1.29 is 4.74 Å². The zero-order chi connectivity index (χ0) is 18.9. The van der Waals surface area contributed by atoms with Crippen molar-refractivity contribution in [2.75, 3.05) is 5.73 Å². The maximum absolute atomic E-state index is 6.25. The molecule has 5 heteroatoms. The molecule has 136 valence electrons. The smallest absolute Gasteiger partial charge is 0.132 e. The molecule has 3 N–H and O–H groups in total. The van der Waals surface area contributed by atoms with E-state index >= 15 is 0 Å². The zero-order valence-corrected chi connectivity index (χ0v) is 15.7. The first-order valence-corrected chi connectivity index (χ1v) is 9.80. The van der Waals surface area contributed by atoms with E-state index in [-0.39, 0.29) is 0 Å². The second-order valence-electron chi connectivity index (χ2n) is 6.43. The Morgan fingerprint density at radius 2 is 1.64 bits per heavy atom. The van der Waals surface area contributed by atoms with Crippen LogP contribution in [0.15, 0.2) is 84.5 Å². The Labute approximate surface area is 166 Å². The summed E-state index contributed by atoms with van der Waals surface area (Å²) in [5.41, 5.74) is 10.5. The third-order valence-corrected chi connectivity index (χ3v) is 5.67. The number of nitrogens with one attached hydrogen (secondary N) is 1. The monoisotopic (exact) mass is 383 g/mol. The predicted molar refractivity (Wildman–Crippen MR) is 116 cm³/mol. The fourth-order valence-corrected chi connectivity index (χ4v) is 4.41. The van der Waals surface area contributed by atoms with Crippen molar-refractivity contribution in [2.45, 2.75) is 0 Å². The van der Waals surface area contributed by atoms with Gasteiger partial charge in [0.1, 0.15) is 17.3 Å². The van der Waals surface area contributed by atoms with Gasteiger partial charge in [-0.3, -0.25) is 0 Å². The van der Waals surface area contributed by atoms with Crippen molar-refractivity contribution in [2.24, 2.45) is 0 Å². The number of thiophene rings is 1. The fourth-order valence-electron chi connectivity index (χ4n) is 3.30. The van der Waals surface area contributed by atoms with Crippen LogP contribution in [0.2, 0.25) is 0 Å². The minimum absolute atomic E-state index is 0.547. The number of hydrogen-bond donors (Lipinski definition) is 2.